The van der Waals surface area contributed by atoms with Crippen LogP contribution in [0.1, 0.15) is 19.4 Å². The van der Waals surface area contributed by atoms with Gasteiger partial charge in [0, 0.05) is 25.8 Å². The lowest BCUT2D eigenvalue weighted by Gasteiger charge is -2.14. The van der Waals surface area contributed by atoms with E-state index in [0.717, 1.165) is 17.1 Å². The lowest BCUT2D eigenvalue weighted by Crippen LogP contribution is -2.30. The lowest BCUT2D eigenvalue weighted by atomic mass is 10.2. The van der Waals surface area contributed by atoms with Crippen LogP contribution in [-0.2, 0) is 11.3 Å². The Kier molecular flexibility index (Phi) is 8.12. The highest BCUT2D eigenvalue weighted by atomic mass is 16.5. The van der Waals surface area contributed by atoms with Gasteiger partial charge in [-0.3, -0.25) is 0 Å². The Morgan fingerprint density at radius 3 is 2.19 bits per heavy atom. The fourth-order valence-electron chi connectivity index (χ4n) is 1.85. The molecule has 2 N–H and O–H groups in total. The maximum atomic E-state index is 9.80. The van der Waals surface area contributed by atoms with Gasteiger partial charge in [0.2, 0.25) is 0 Å². The van der Waals surface area contributed by atoms with E-state index >= 15 is 0 Å². The number of hydrogen-bond donors (Lipinski definition) is 2. The average molecular weight is 297 g/mol. The first-order chi connectivity index (χ1) is 10.0. The molecule has 5 nitrogen and oxygen atoms in total. The molecule has 1 atom stereocenters. The molecule has 0 radical (unpaired) electrons. The number of rotatable bonds is 10. The minimum atomic E-state index is -0.503. The molecule has 0 saturated carbocycles. The number of nitrogens with one attached hydrogen (secondary N) is 1. The third-order valence-corrected chi connectivity index (χ3v) is 2.88. The second kappa shape index (κ2) is 9.60. The monoisotopic (exact) mass is 297 g/mol. The summed E-state index contributed by atoms with van der Waals surface area (Å²) in [4.78, 5) is 0. The van der Waals surface area contributed by atoms with Crippen molar-refractivity contribution in [2.24, 2.45) is 5.92 Å². The van der Waals surface area contributed by atoms with Gasteiger partial charge in [0.25, 0.3) is 0 Å². The summed E-state index contributed by atoms with van der Waals surface area (Å²) in [7, 11) is 3.25. The summed E-state index contributed by atoms with van der Waals surface area (Å²) in [6.45, 7) is 6.31. The van der Waals surface area contributed by atoms with Gasteiger partial charge in [-0.2, -0.15) is 0 Å². The van der Waals surface area contributed by atoms with Crippen LogP contribution in [0.5, 0.6) is 11.5 Å². The van der Waals surface area contributed by atoms with Crippen LogP contribution >= 0.6 is 0 Å². The molecule has 0 fully saturated rings. The molecule has 0 aliphatic rings. The lowest BCUT2D eigenvalue weighted by molar-refractivity contribution is 0.0260. The second-order valence-corrected chi connectivity index (χ2v) is 5.44. The van der Waals surface area contributed by atoms with Crippen molar-refractivity contribution in [3.8, 4) is 11.5 Å². The Labute approximate surface area is 127 Å². The summed E-state index contributed by atoms with van der Waals surface area (Å²) in [5.74, 6) is 1.99. The van der Waals surface area contributed by atoms with E-state index in [1.165, 1.54) is 0 Å². The summed E-state index contributed by atoms with van der Waals surface area (Å²) in [5.41, 5.74) is 1.04. The first-order valence-corrected chi connectivity index (χ1v) is 7.23. The molecule has 0 aliphatic heterocycles. The number of aliphatic hydroxyl groups excluding tert-OH is 1. The third-order valence-electron chi connectivity index (χ3n) is 2.88. The van der Waals surface area contributed by atoms with E-state index < -0.39 is 6.10 Å². The van der Waals surface area contributed by atoms with Crippen molar-refractivity contribution in [2.45, 2.75) is 26.5 Å². The van der Waals surface area contributed by atoms with Gasteiger partial charge in [0.1, 0.15) is 11.5 Å². The Balaban J connectivity index is 2.34. The smallest absolute Gasteiger partial charge is 0.122 e. The molecule has 0 spiro atoms. The van der Waals surface area contributed by atoms with E-state index in [9.17, 15) is 5.11 Å². The predicted molar refractivity (Wildman–Crippen MR) is 82.9 cm³/mol. The quantitative estimate of drug-likeness (QED) is 0.690. The number of methoxy groups -OCH3 is 2. The van der Waals surface area contributed by atoms with E-state index in [2.05, 4.69) is 19.2 Å². The van der Waals surface area contributed by atoms with Crippen molar-refractivity contribution in [1.82, 2.24) is 5.32 Å². The van der Waals surface area contributed by atoms with Crippen LogP contribution in [-0.4, -0.2) is 45.2 Å². The molecule has 21 heavy (non-hydrogen) atoms. The number of ether oxygens (including phenoxy) is 3. The van der Waals surface area contributed by atoms with Crippen LogP contribution in [0.4, 0.5) is 0 Å². The molecule has 1 aromatic carbocycles. The van der Waals surface area contributed by atoms with Gasteiger partial charge in [-0.25, -0.2) is 0 Å². The number of hydrogen-bond acceptors (Lipinski definition) is 5. The topological polar surface area (TPSA) is 60.0 Å². The molecule has 0 amide bonds. The van der Waals surface area contributed by atoms with Crippen molar-refractivity contribution in [3.05, 3.63) is 23.8 Å². The normalized spacial score (nSPS) is 12.5. The van der Waals surface area contributed by atoms with Crippen molar-refractivity contribution >= 4 is 0 Å². The molecule has 5 heteroatoms. The van der Waals surface area contributed by atoms with Gasteiger partial charge in [0.05, 0.1) is 26.9 Å². The van der Waals surface area contributed by atoms with Crippen molar-refractivity contribution in [3.63, 3.8) is 0 Å². The van der Waals surface area contributed by atoms with Crippen LogP contribution in [0.25, 0.3) is 0 Å². The van der Waals surface area contributed by atoms with Crippen LogP contribution in [0, 0.1) is 5.92 Å². The number of benzene rings is 1. The zero-order valence-corrected chi connectivity index (χ0v) is 13.4. The molecule has 1 unspecified atom stereocenters. The Bertz CT molecular complexity index is 387. The van der Waals surface area contributed by atoms with E-state index in [0.29, 0.717) is 32.2 Å². The highest BCUT2D eigenvalue weighted by Gasteiger charge is 2.06. The van der Waals surface area contributed by atoms with E-state index in [1.807, 2.05) is 18.2 Å². The van der Waals surface area contributed by atoms with Crippen LogP contribution in [0.3, 0.4) is 0 Å². The molecule has 1 aromatic rings. The summed E-state index contributed by atoms with van der Waals surface area (Å²) in [5, 5.41) is 13.0. The van der Waals surface area contributed by atoms with E-state index in [1.54, 1.807) is 14.2 Å². The molecule has 120 valence electrons. The summed E-state index contributed by atoms with van der Waals surface area (Å²) in [6.07, 6.45) is -0.503. The maximum absolute atomic E-state index is 9.80. The minimum absolute atomic E-state index is 0.354. The van der Waals surface area contributed by atoms with Crippen LogP contribution < -0.4 is 14.8 Å². The SMILES string of the molecule is COc1cc(CNCC(O)COCC(C)C)cc(OC)c1. The molecule has 0 aliphatic carbocycles. The van der Waals surface area contributed by atoms with Gasteiger partial charge >= 0.3 is 0 Å². The van der Waals surface area contributed by atoms with E-state index in [-0.39, 0.29) is 0 Å². The fraction of sp³-hybridized carbons (Fsp3) is 0.625. The molecule has 0 aromatic heterocycles. The van der Waals surface area contributed by atoms with Gasteiger partial charge < -0.3 is 24.6 Å². The Morgan fingerprint density at radius 2 is 1.67 bits per heavy atom. The third kappa shape index (κ3) is 7.32. The van der Waals surface area contributed by atoms with Crippen LogP contribution in [0.15, 0.2) is 18.2 Å². The fourth-order valence-corrected chi connectivity index (χ4v) is 1.85. The predicted octanol–water partition coefficient (Wildman–Crippen LogP) is 1.83. The largest absolute Gasteiger partial charge is 0.497 e. The van der Waals surface area contributed by atoms with Gasteiger partial charge in [-0.15, -0.1) is 0 Å². The summed E-state index contributed by atoms with van der Waals surface area (Å²) >= 11 is 0. The Morgan fingerprint density at radius 1 is 1.05 bits per heavy atom. The summed E-state index contributed by atoms with van der Waals surface area (Å²) in [6, 6.07) is 5.71. The van der Waals surface area contributed by atoms with E-state index in [4.69, 9.17) is 14.2 Å². The van der Waals surface area contributed by atoms with Crippen LogP contribution in [0.2, 0.25) is 0 Å². The summed E-state index contributed by atoms with van der Waals surface area (Å²) < 4.78 is 15.8. The minimum Gasteiger partial charge on any atom is -0.497 e. The zero-order valence-electron chi connectivity index (χ0n) is 13.4. The average Bonchev–Trinajstić information content (AvgIpc) is 2.46. The molecule has 1 rings (SSSR count). The number of aliphatic hydroxyl groups is 1. The Hall–Kier alpha value is -1.30. The first-order valence-electron chi connectivity index (χ1n) is 7.23. The van der Waals surface area contributed by atoms with Gasteiger partial charge in [-0.1, -0.05) is 13.8 Å². The molecule has 0 saturated heterocycles. The molecular formula is C16H27NO4. The van der Waals surface area contributed by atoms with Crippen molar-refractivity contribution in [1.29, 1.82) is 0 Å². The van der Waals surface area contributed by atoms with Crippen molar-refractivity contribution in [2.75, 3.05) is 34.0 Å². The first kappa shape index (κ1) is 17.8. The van der Waals surface area contributed by atoms with Gasteiger partial charge in [0.15, 0.2) is 0 Å². The molecule has 0 bridgehead atoms. The molecule has 0 heterocycles. The molecular weight excluding hydrogens is 270 g/mol. The van der Waals surface area contributed by atoms with Crippen molar-refractivity contribution < 1.29 is 19.3 Å². The second-order valence-electron chi connectivity index (χ2n) is 5.44. The highest BCUT2D eigenvalue weighted by Crippen LogP contribution is 2.22. The standard InChI is InChI=1S/C16H27NO4/c1-12(2)10-21-11-14(18)9-17-8-13-5-15(19-3)7-16(6-13)20-4/h5-7,12,14,17-18H,8-11H2,1-4H3. The van der Waals surface area contributed by atoms with Gasteiger partial charge in [-0.05, 0) is 23.6 Å². The highest BCUT2D eigenvalue weighted by molar-refractivity contribution is 5.38. The maximum Gasteiger partial charge on any atom is 0.122 e. The zero-order chi connectivity index (χ0) is 15.7.